The highest BCUT2D eigenvalue weighted by Crippen LogP contribution is 2.23. The summed E-state index contributed by atoms with van der Waals surface area (Å²) in [7, 11) is 1.78. The molecule has 0 aromatic heterocycles. The Morgan fingerprint density at radius 3 is 2.86 bits per heavy atom. The van der Waals surface area contributed by atoms with Crippen molar-refractivity contribution in [2.45, 2.75) is 5.25 Å². The zero-order valence-electron chi connectivity index (χ0n) is 8.25. The minimum Gasteiger partial charge on any atom is -0.354 e. The largest absolute Gasteiger partial charge is 0.354 e. The van der Waals surface area contributed by atoms with Gasteiger partial charge in [-0.05, 0) is 7.05 Å². The van der Waals surface area contributed by atoms with E-state index in [0.29, 0.717) is 11.8 Å². The van der Waals surface area contributed by atoms with E-state index in [1.54, 1.807) is 7.05 Å². The molecule has 1 amide bonds. The summed E-state index contributed by atoms with van der Waals surface area (Å²) in [6.45, 7) is 1.24. The van der Waals surface area contributed by atoms with Gasteiger partial charge in [0.15, 0.2) is 0 Å². The van der Waals surface area contributed by atoms with E-state index in [9.17, 15) is 4.79 Å². The molecule has 3 nitrogen and oxygen atoms in total. The van der Waals surface area contributed by atoms with E-state index in [2.05, 4.69) is 10.6 Å². The molecule has 0 aromatic rings. The molecule has 84 valence electrons. The zero-order valence-corrected chi connectivity index (χ0v) is 10.7. The van der Waals surface area contributed by atoms with E-state index < -0.39 is 0 Å². The van der Waals surface area contributed by atoms with E-state index in [1.807, 2.05) is 23.5 Å². The molecule has 6 heteroatoms. The fourth-order valence-corrected chi connectivity index (χ4v) is 3.72. The van der Waals surface area contributed by atoms with Crippen LogP contribution < -0.4 is 10.6 Å². The van der Waals surface area contributed by atoms with Crippen LogP contribution in [0.1, 0.15) is 0 Å². The summed E-state index contributed by atoms with van der Waals surface area (Å²) >= 11 is 3.95. The monoisotopic (exact) mass is 256 g/mol. The molecule has 0 bridgehead atoms. The predicted molar refractivity (Wildman–Crippen MR) is 67.8 cm³/mol. The van der Waals surface area contributed by atoms with Crippen molar-refractivity contribution in [3.05, 3.63) is 0 Å². The summed E-state index contributed by atoms with van der Waals surface area (Å²) in [4.78, 5) is 11.1. The molecule has 0 spiro atoms. The highest BCUT2D eigenvalue weighted by atomic mass is 35.5. The number of likely N-dealkylation sites (N-methyl/N-ethyl adjacent to an activating group) is 1. The SMILES string of the molecule is CNCC(=O)NCC1CSCCS1.Cl. The lowest BCUT2D eigenvalue weighted by molar-refractivity contribution is -0.120. The molecule has 1 unspecified atom stereocenters. The van der Waals surface area contributed by atoms with Crippen LogP contribution in [-0.2, 0) is 4.79 Å². The lowest BCUT2D eigenvalue weighted by Crippen LogP contribution is -2.37. The maximum absolute atomic E-state index is 11.1. The highest BCUT2D eigenvalue weighted by molar-refractivity contribution is 8.06. The minimum absolute atomic E-state index is 0. The van der Waals surface area contributed by atoms with Gasteiger partial charge in [0, 0.05) is 29.1 Å². The van der Waals surface area contributed by atoms with Crippen LogP contribution in [0.3, 0.4) is 0 Å². The molecule has 1 atom stereocenters. The van der Waals surface area contributed by atoms with Gasteiger partial charge in [0.2, 0.25) is 5.91 Å². The molecular weight excluding hydrogens is 240 g/mol. The summed E-state index contributed by atoms with van der Waals surface area (Å²) in [5, 5.41) is 6.36. The summed E-state index contributed by atoms with van der Waals surface area (Å²) in [6.07, 6.45) is 0. The molecule has 1 fully saturated rings. The molecule has 0 aromatic carbocycles. The van der Waals surface area contributed by atoms with Crippen molar-refractivity contribution in [2.24, 2.45) is 0 Å². The van der Waals surface area contributed by atoms with E-state index in [-0.39, 0.29) is 18.3 Å². The zero-order chi connectivity index (χ0) is 9.52. The van der Waals surface area contributed by atoms with Crippen molar-refractivity contribution in [3.8, 4) is 0 Å². The van der Waals surface area contributed by atoms with Gasteiger partial charge in [-0.25, -0.2) is 0 Å². The molecule has 14 heavy (non-hydrogen) atoms. The van der Waals surface area contributed by atoms with Crippen LogP contribution in [0.5, 0.6) is 0 Å². The number of hydrogen-bond acceptors (Lipinski definition) is 4. The fraction of sp³-hybridized carbons (Fsp3) is 0.875. The maximum Gasteiger partial charge on any atom is 0.233 e. The third kappa shape index (κ3) is 6.01. The van der Waals surface area contributed by atoms with Crippen LogP contribution in [-0.4, -0.2) is 48.6 Å². The summed E-state index contributed by atoms with van der Waals surface area (Å²) in [5.41, 5.74) is 0. The Morgan fingerprint density at radius 1 is 1.50 bits per heavy atom. The van der Waals surface area contributed by atoms with E-state index in [1.165, 1.54) is 17.3 Å². The Hall–Kier alpha value is 0.420. The van der Waals surface area contributed by atoms with Crippen LogP contribution >= 0.6 is 35.9 Å². The van der Waals surface area contributed by atoms with Gasteiger partial charge in [-0.15, -0.1) is 12.4 Å². The minimum atomic E-state index is 0. The van der Waals surface area contributed by atoms with Crippen LogP contribution in [0.4, 0.5) is 0 Å². The van der Waals surface area contributed by atoms with Crippen molar-refractivity contribution in [3.63, 3.8) is 0 Å². The van der Waals surface area contributed by atoms with E-state index >= 15 is 0 Å². The van der Waals surface area contributed by atoms with Gasteiger partial charge in [-0.2, -0.15) is 23.5 Å². The molecule has 0 saturated carbocycles. The third-order valence-corrected chi connectivity index (χ3v) is 4.59. The second kappa shape index (κ2) is 8.71. The van der Waals surface area contributed by atoms with Crippen molar-refractivity contribution in [1.82, 2.24) is 10.6 Å². The number of carbonyl (C=O) groups excluding carboxylic acids is 1. The number of hydrogen-bond donors (Lipinski definition) is 2. The highest BCUT2D eigenvalue weighted by Gasteiger charge is 2.14. The average Bonchev–Trinajstić information content (AvgIpc) is 2.17. The molecule has 2 N–H and O–H groups in total. The molecule has 0 aliphatic carbocycles. The normalized spacial score (nSPS) is 21.1. The first-order chi connectivity index (χ1) is 6.33. The maximum atomic E-state index is 11.1. The summed E-state index contributed by atoms with van der Waals surface area (Å²) in [6, 6.07) is 0. The number of rotatable bonds is 4. The molecule has 1 rings (SSSR count). The van der Waals surface area contributed by atoms with Crippen LogP contribution in [0.15, 0.2) is 0 Å². The van der Waals surface area contributed by atoms with Crippen LogP contribution in [0.2, 0.25) is 0 Å². The topological polar surface area (TPSA) is 41.1 Å². The summed E-state index contributed by atoms with van der Waals surface area (Å²) in [5.74, 6) is 3.74. The second-order valence-corrected chi connectivity index (χ2v) is 5.46. The number of thioether (sulfide) groups is 2. The number of halogens is 1. The quantitative estimate of drug-likeness (QED) is 0.773. The van der Waals surface area contributed by atoms with Gasteiger partial charge in [-0.1, -0.05) is 0 Å². The first kappa shape index (κ1) is 14.4. The van der Waals surface area contributed by atoms with Gasteiger partial charge in [0.1, 0.15) is 0 Å². The second-order valence-electron chi connectivity index (χ2n) is 2.90. The van der Waals surface area contributed by atoms with E-state index in [4.69, 9.17) is 0 Å². The standard InChI is InChI=1S/C8H16N2OS2.ClH/c1-9-5-8(11)10-4-7-6-12-2-3-13-7;/h7,9H,2-6H2,1H3,(H,10,11);1H. The predicted octanol–water partition coefficient (Wildman–Crippen LogP) is 0.592. The lowest BCUT2D eigenvalue weighted by atomic mass is 10.4. The molecule has 1 heterocycles. The van der Waals surface area contributed by atoms with Gasteiger partial charge >= 0.3 is 0 Å². The smallest absolute Gasteiger partial charge is 0.233 e. The number of amides is 1. The molecule has 0 radical (unpaired) electrons. The van der Waals surface area contributed by atoms with Gasteiger partial charge in [-0.3, -0.25) is 4.79 Å². The Balaban J connectivity index is 0.00000169. The van der Waals surface area contributed by atoms with Gasteiger partial charge in [0.25, 0.3) is 0 Å². The van der Waals surface area contributed by atoms with Crippen molar-refractivity contribution < 1.29 is 4.79 Å². The molecule has 1 saturated heterocycles. The van der Waals surface area contributed by atoms with Crippen molar-refractivity contribution in [2.75, 3.05) is 37.4 Å². The van der Waals surface area contributed by atoms with Gasteiger partial charge in [0.05, 0.1) is 6.54 Å². The number of nitrogens with one attached hydrogen (secondary N) is 2. The van der Waals surface area contributed by atoms with Gasteiger partial charge < -0.3 is 10.6 Å². The Bertz CT molecular complexity index is 165. The first-order valence-electron chi connectivity index (χ1n) is 4.43. The van der Waals surface area contributed by atoms with Crippen molar-refractivity contribution in [1.29, 1.82) is 0 Å². The fourth-order valence-electron chi connectivity index (χ4n) is 1.11. The average molecular weight is 257 g/mol. The Labute approximate surface area is 99.9 Å². The number of carbonyl (C=O) groups is 1. The van der Waals surface area contributed by atoms with Crippen LogP contribution in [0, 0.1) is 0 Å². The molecule has 1 aliphatic heterocycles. The first-order valence-corrected chi connectivity index (χ1v) is 6.64. The molecular formula is C8H17ClN2OS2. The van der Waals surface area contributed by atoms with E-state index in [0.717, 1.165) is 6.54 Å². The van der Waals surface area contributed by atoms with Crippen molar-refractivity contribution >= 4 is 41.8 Å². The Morgan fingerprint density at radius 2 is 2.29 bits per heavy atom. The Kier molecular flexibility index (Phi) is 8.97. The summed E-state index contributed by atoms with van der Waals surface area (Å²) < 4.78 is 0. The molecule has 1 aliphatic rings. The van der Waals surface area contributed by atoms with Crippen LogP contribution in [0.25, 0.3) is 0 Å². The third-order valence-electron chi connectivity index (χ3n) is 1.75. The lowest BCUT2D eigenvalue weighted by Gasteiger charge is -2.20.